The minimum Gasteiger partial charge on any atom is -0.408 e. The van der Waals surface area contributed by atoms with Crippen molar-refractivity contribution in [1.82, 2.24) is 19.9 Å². The highest BCUT2D eigenvalue weighted by Gasteiger charge is 2.41. The zero-order valence-electron chi connectivity index (χ0n) is 23.0. The van der Waals surface area contributed by atoms with Gasteiger partial charge in [-0.3, -0.25) is 19.4 Å². The Hall–Kier alpha value is -4.69. The highest BCUT2D eigenvalue weighted by atomic mass is 32.2. The molecule has 6 aromatic rings. The monoisotopic (exact) mass is 604 g/mol. The lowest BCUT2D eigenvalue weighted by Gasteiger charge is -2.31. The summed E-state index contributed by atoms with van der Waals surface area (Å²) in [5, 5.41) is 10.5. The normalized spacial score (nSPS) is 16.3. The molecule has 0 saturated heterocycles. The fraction of sp³-hybridized carbons (Fsp3) is 0.0606. The van der Waals surface area contributed by atoms with E-state index in [9.17, 15) is 9.36 Å². The van der Waals surface area contributed by atoms with Crippen LogP contribution in [0.5, 0.6) is 5.75 Å². The highest BCUT2D eigenvalue weighted by molar-refractivity contribution is 7.99. The molecule has 0 aliphatic carbocycles. The molecule has 0 fully saturated rings. The summed E-state index contributed by atoms with van der Waals surface area (Å²) in [6, 6.07) is 30.6. The average molecular weight is 605 g/mol. The van der Waals surface area contributed by atoms with E-state index in [0.717, 1.165) is 48.2 Å². The largest absolute Gasteiger partial charge is 0.491 e. The van der Waals surface area contributed by atoms with Gasteiger partial charge >= 0.3 is 7.75 Å². The summed E-state index contributed by atoms with van der Waals surface area (Å²) >= 11 is 1.44. The van der Waals surface area contributed by atoms with Crippen molar-refractivity contribution < 1.29 is 18.4 Å². The standard InChI is InChI=1S/C33H25N4O4PS/c1-37(42(39)40-21-24-18-22-8-2-3-9-23(22)19-31(24)41-42)33(38)28-11-4-5-12-32(28)43-26-14-15-27-29(35-36-30(27)20-26)16-13-25-10-6-7-17-34-25/h2-20H,21H2,1H3,(H,35,36)/b16-13+. The summed E-state index contributed by atoms with van der Waals surface area (Å²) in [6.07, 6.45) is 5.60. The number of carbonyl (C=O) groups is 1. The molecule has 1 atom stereocenters. The number of amides is 1. The molecule has 7 rings (SSSR count). The third-order valence-corrected chi connectivity index (χ3v) is 10.1. The molecular formula is C33H25N4O4PS. The lowest BCUT2D eigenvalue weighted by molar-refractivity contribution is 0.0828. The van der Waals surface area contributed by atoms with Crippen molar-refractivity contribution in [3.8, 4) is 5.75 Å². The van der Waals surface area contributed by atoms with Crippen LogP contribution in [0.1, 0.15) is 27.3 Å². The number of H-pyrrole nitrogens is 1. The molecule has 0 bridgehead atoms. The van der Waals surface area contributed by atoms with Gasteiger partial charge in [-0.2, -0.15) is 5.10 Å². The van der Waals surface area contributed by atoms with Crippen LogP contribution in [0.4, 0.5) is 0 Å². The Balaban J connectivity index is 1.12. The minimum absolute atomic E-state index is 0.0781. The van der Waals surface area contributed by atoms with E-state index in [1.54, 1.807) is 18.3 Å². The van der Waals surface area contributed by atoms with Gasteiger partial charge in [-0.1, -0.05) is 54.2 Å². The van der Waals surface area contributed by atoms with Crippen molar-refractivity contribution in [2.75, 3.05) is 7.05 Å². The van der Waals surface area contributed by atoms with Gasteiger partial charge in [-0.05, 0) is 77.5 Å². The summed E-state index contributed by atoms with van der Waals surface area (Å²) < 4.78 is 26.5. The Labute approximate surface area is 252 Å². The van der Waals surface area contributed by atoms with Crippen LogP contribution in [0.25, 0.3) is 33.8 Å². The first kappa shape index (κ1) is 27.2. The van der Waals surface area contributed by atoms with E-state index in [4.69, 9.17) is 9.05 Å². The van der Waals surface area contributed by atoms with Crippen molar-refractivity contribution >= 4 is 59.2 Å². The van der Waals surface area contributed by atoms with E-state index >= 15 is 0 Å². The maximum absolute atomic E-state index is 13.8. The molecular weight excluding hydrogens is 579 g/mol. The highest BCUT2D eigenvalue weighted by Crippen LogP contribution is 2.56. The van der Waals surface area contributed by atoms with E-state index < -0.39 is 13.7 Å². The van der Waals surface area contributed by atoms with E-state index in [2.05, 4.69) is 15.2 Å². The van der Waals surface area contributed by atoms with Crippen LogP contribution in [0.15, 0.2) is 113 Å². The number of rotatable bonds is 6. The number of pyridine rings is 1. The van der Waals surface area contributed by atoms with Gasteiger partial charge in [0.2, 0.25) is 0 Å². The van der Waals surface area contributed by atoms with E-state index in [-0.39, 0.29) is 6.61 Å². The van der Waals surface area contributed by atoms with Gasteiger partial charge in [-0.25, -0.2) is 9.24 Å². The molecule has 1 unspecified atom stereocenters. The summed E-state index contributed by atoms with van der Waals surface area (Å²) in [5.41, 5.74) is 3.70. The summed E-state index contributed by atoms with van der Waals surface area (Å²) in [7, 11) is -2.50. The van der Waals surface area contributed by atoms with Gasteiger partial charge in [0.15, 0.2) is 0 Å². The molecule has 2 aromatic heterocycles. The first-order valence-electron chi connectivity index (χ1n) is 13.6. The Morgan fingerprint density at radius 3 is 2.58 bits per heavy atom. The second kappa shape index (κ2) is 11.2. The van der Waals surface area contributed by atoms with Crippen molar-refractivity contribution in [3.05, 3.63) is 126 Å². The Kier molecular flexibility index (Phi) is 7.07. The van der Waals surface area contributed by atoms with Gasteiger partial charge in [0, 0.05) is 34.0 Å². The maximum atomic E-state index is 13.8. The van der Waals surface area contributed by atoms with Gasteiger partial charge in [0.1, 0.15) is 5.75 Å². The molecule has 0 saturated carbocycles. The SMILES string of the molecule is CN(C(=O)c1ccccc1Sc1ccc2c(/C=C/c3ccccn3)n[nH]c2c1)P1(=O)OCc2cc3ccccc3cc2O1. The number of benzene rings is 4. The van der Waals surface area contributed by atoms with Crippen LogP contribution in [-0.2, 0) is 15.7 Å². The van der Waals surface area contributed by atoms with Gasteiger partial charge in [-0.15, -0.1) is 0 Å². The predicted octanol–water partition coefficient (Wildman–Crippen LogP) is 8.22. The van der Waals surface area contributed by atoms with Gasteiger partial charge < -0.3 is 4.52 Å². The molecule has 10 heteroatoms. The molecule has 1 aliphatic heterocycles. The Morgan fingerprint density at radius 1 is 0.953 bits per heavy atom. The van der Waals surface area contributed by atoms with Crippen molar-refractivity contribution in [3.63, 3.8) is 0 Å². The molecule has 212 valence electrons. The quantitative estimate of drug-likeness (QED) is 0.191. The average Bonchev–Trinajstić information content (AvgIpc) is 3.45. The van der Waals surface area contributed by atoms with E-state index in [1.807, 2.05) is 97.1 Å². The second-order valence-electron chi connectivity index (χ2n) is 9.97. The number of hydrogen-bond donors (Lipinski definition) is 1. The molecule has 4 aromatic carbocycles. The van der Waals surface area contributed by atoms with Crippen molar-refractivity contribution in [2.45, 2.75) is 16.4 Å². The maximum Gasteiger partial charge on any atom is 0.491 e. The molecule has 0 spiro atoms. The summed E-state index contributed by atoms with van der Waals surface area (Å²) in [4.78, 5) is 19.7. The molecule has 3 heterocycles. The molecule has 1 N–H and O–H groups in total. The van der Waals surface area contributed by atoms with Crippen LogP contribution in [0, 0.1) is 0 Å². The topological polar surface area (TPSA) is 97.4 Å². The van der Waals surface area contributed by atoms with Crippen LogP contribution in [-0.4, -0.2) is 32.8 Å². The number of aromatic nitrogens is 3. The van der Waals surface area contributed by atoms with Crippen molar-refractivity contribution in [1.29, 1.82) is 0 Å². The number of nitrogens with one attached hydrogen (secondary N) is 1. The fourth-order valence-electron chi connectivity index (χ4n) is 4.91. The van der Waals surface area contributed by atoms with Crippen LogP contribution >= 0.6 is 19.5 Å². The number of fused-ring (bicyclic) bond motifs is 3. The Bertz CT molecular complexity index is 2080. The molecule has 43 heavy (non-hydrogen) atoms. The molecule has 1 amide bonds. The van der Waals surface area contributed by atoms with Gasteiger partial charge in [0.05, 0.1) is 29.1 Å². The summed E-state index contributed by atoms with van der Waals surface area (Å²) in [5.74, 6) is -0.00191. The number of hydrogen-bond acceptors (Lipinski definition) is 7. The molecule has 8 nitrogen and oxygen atoms in total. The van der Waals surface area contributed by atoms with E-state index in [0.29, 0.717) is 16.2 Å². The van der Waals surface area contributed by atoms with Crippen LogP contribution < -0.4 is 4.52 Å². The number of carbonyl (C=O) groups excluding carboxylic acids is 1. The first-order chi connectivity index (χ1) is 21.0. The first-order valence-corrected chi connectivity index (χ1v) is 15.9. The zero-order valence-corrected chi connectivity index (χ0v) is 24.7. The third kappa shape index (κ3) is 5.34. The van der Waals surface area contributed by atoms with Crippen molar-refractivity contribution in [2.24, 2.45) is 0 Å². The lowest BCUT2D eigenvalue weighted by Crippen LogP contribution is -2.29. The molecule has 0 radical (unpaired) electrons. The smallest absolute Gasteiger partial charge is 0.408 e. The van der Waals surface area contributed by atoms with E-state index in [1.165, 1.54) is 18.8 Å². The predicted molar refractivity (Wildman–Crippen MR) is 169 cm³/mol. The summed E-state index contributed by atoms with van der Waals surface area (Å²) in [6.45, 7) is 0.0781. The second-order valence-corrected chi connectivity index (χ2v) is 13.1. The molecule has 1 aliphatic rings. The third-order valence-electron chi connectivity index (χ3n) is 7.20. The number of nitrogens with zero attached hydrogens (tertiary/aromatic N) is 3. The van der Waals surface area contributed by atoms with Crippen LogP contribution in [0.2, 0.25) is 0 Å². The number of aromatic amines is 1. The lowest BCUT2D eigenvalue weighted by atomic mass is 10.1. The minimum atomic E-state index is -3.95. The van der Waals surface area contributed by atoms with Crippen LogP contribution in [0.3, 0.4) is 0 Å². The zero-order chi connectivity index (χ0) is 29.4. The van der Waals surface area contributed by atoms with Gasteiger partial charge in [0.25, 0.3) is 5.91 Å². The fourth-order valence-corrected chi connectivity index (χ4v) is 7.29. The Morgan fingerprint density at radius 2 is 1.74 bits per heavy atom.